The number of nitrogens with zero attached hydrogens (tertiary/aromatic N) is 1. The Balaban J connectivity index is 1.83. The number of morpholine rings is 1. The molecule has 1 aromatic heterocycles. The Bertz CT molecular complexity index is 716. The van der Waals surface area contributed by atoms with E-state index < -0.39 is 10.0 Å². The molecule has 1 atom stereocenters. The molecule has 0 aliphatic carbocycles. The van der Waals surface area contributed by atoms with Gasteiger partial charge in [-0.2, -0.15) is 4.31 Å². The van der Waals surface area contributed by atoms with Crippen molar-refractivity contribution in [3.63, 3.8) is 0 Å². The molecule has 1 aliphatic rings. The van der Waals surface area contributed by atoms with Gasteiger partial charge in [-0.25, -0.2) is 8.42 Å². The van der Waals surface area contributed by atoms with Gasteiger partial charge in [0.05, 0.1) is 12.7 Å². The van der Waals surface area contributed by atoms with Gasteiger partial charge in [-0.05, 0) is 29.1 Å². The molecule has 0 bridgehead atoms. The molecule has 0 saturated carbocycles. The Hall–Kier alpha value is -0.730. The van der Waals surface area contributed by atoms with Crippen molar-refractivity contribution in [2.75, 3.05) is 19.7 Å². The Kier molecular flexibility index (Phi) is 4.46. The Morgan fingerprint density at radius 1 is 1.29 bits per heavy atom. The molecule has 7 heteroatoms. The van der Waals surface area contributed by atoms with Crippen molar-refractivity contribution in [2.24, 2.45) is 0 Å². The number of thiophene rings is 1. The first-order valence-electron chi connectivity index (χ1n) is 6.48. The number of hydrogen-bond donors (Lipinski definition) is 0. The second kappa shape index (κ2) is 6.18. The second-order valence-electron chi connectivity index (χ2n) is 4.71. The van der Waals surface area contributed by atoms with Crippen molar-refractivity contribution < 1.29 is 13.2 Å². The predicted molar refractivity (Wildman–Crippen MR) is 85.9 cm³/mol. The molecule has 1 fully saturated rings. The van der Waals surface area contributed by atoms with Crippen LogP contribution in [0.5, 0.6) is 0 Å². The maximum atomic E-state index is 12.6. The van der Waals surface area contributed by atoms with E-state index in [-0.39, 0.29) is 6.10 Å². The summed E-state index contributed by atoms with van der Waals surface area (Å²) in [6, 6.07) is 11.2. The largest absolute Gasteiger partial charge is 0.371 e. The number of benzene rings is 1. The molecule has 1 aliphatic heterocycles. The highest BCUT2D eigenvalue weighted by molar-refractivity contribution is 9.10. The average molecular weight is 388 g/mol. The van der Waals surface area contributed by atoms with Crippen molar-refractivity contribution in [2.45, 2.75) is 10.3 Å². The molecule has 1 saturated heterocycles. The van der Waals surface area contributed by atoms with E-state index in [0.29, 0.717) is 23.9 Å². The van der Waals surface area contributed by atoms with Crippen LogP contribution in [0.2, 0.25) is 0 Å². The van der Waals surface area contributed by atoms with Crippen LogP contribution >= 0.6 is 27.3 Å². The van der Waals surface area contributed by atoms with Crippen molar-refractivity contribution >= 4 is 37.3 Å². The fourth-order valence-corrected chi connectivity index (χ4v) is 5.28. The van der Waals surface area contributed by atoms with Gasteiger partial charge in [-0.3, -0.25) is 0 Å². The predicted octanol–water partition coefficient (Wildman–Crippen LogP) is 3.27. The molecule has 0 N–H and O–H groups in total. The third-order valence-electron chi connectivity index (χ3n) is 3.34. The summed E-state index contributed by atoms with van der Waals surface area (Å²) in [5.74, 6) is 0. The fraction of sp³-hybridized carbons (Fsp3) is 0.286. The molecule has 0 radical (unpaired) electrons. The van der Waals surface area contributed by atoms with Crippen LogP contribution in [0, 0.1) is 0 Å². The van der Waals surface area contributed by atoms with Gasteiger partial charge in [-0.15, -0.1) is 11.3 Å². The molecule has 1 unspecified atom stereocenters. The summed E-state index contributed by atoms with van der Waals surface area (Å²) in [6.45, 7) is 1.14. The second-order valence-corrected chi connectivity index (χ2v) is 8.74. The smallest absolute Gasteiger partial charge is 0.252 e. The van der Waals surface area contributed by atoms with E-state index in [9.17, 15) is 8.42 Å². The van der Waals surface area contributed by atoms with Gasteiger partial charge in [0, 0.05) is 17.6 Å². The maximum absolute atomic E-state index is 12.6. The topological polar surface area (TPSA) is 46.6 Å². The lowest BCUT2D eigenvalue weighted by atomic mass is 10.1. The van der Waals surface area contributed by atoms with E-state index in [2.05, 4.69) is 15.9 Å². The minimum Gasteiger partial charge on any atom is -0.371 e. The van der Waals surface area contributed by atoms with E-state index in [1.54, 1.807) is 17.5 Å². The molecule has 0 amide bonds. The van der Waals surface area contributed by atoms with Gasteiger partial charge in [0.1, 0.15) is 4.21 Å². The molecule has 21 heavy (non-hydrogen) atoms. The Labute approximate surface area is 136 Å². The molecule has 3 rings (SSSR count). The Morgan fingerprint density at radius 2 is 2.14 bits per heavy atom. The van der Waals surface area contributed by atoms with Gasteiger partial charge < -0.3 is 4.74 Å². The number of halogens is 1. The van der Waals surface area contributed by atoms with E-state index in [4.69, 9.17) is 4.74 Å². The van der Waals surface area contributed by atoms with Crippen LogP contribution in [0.3, 0.4) is 0 Å². The zero-order valence-electron chi connectivity index (χ0n) is 11.1. The van der Waals surface area contributed by atoms with E-state index in [0.717, 1.165) is 10.0 Å². The molecule has 112 valence electrons. The summed E-state index contributed by atoms with van der Waals surface area (Å²) in [5, 5.41) is 1.78. The summed E-state index contributed by atoms with van der Waals surface area (Å²) in [5.41, 5.74) is 0.982. The summed E-state index contributed by atoms with van der Waals surface area (Å²) in [7, 11) is -3.41. The van der Waals surface area contributed by atoms with E-state index >= 15 is 0 Å². The minimum atomic E-state index is -3.41. The van der Waals surface area contributed by atoms with Crippen LogP contribution in [-0.4, -0.2) is 32.4 Å². The third-order valence-corrected chi connectivity index (χ3v) is 7.07. The van der Waals surface area contributed by atoms with Gasteiger partial charge in [0.2, 0.25) is 0 Å². The average Bonchev–Trinajstić information content (AvgIpc) is 3.02. The molecule has 4 nitrogen and oxygen atoms in total. The van der Waals surface area contributed by atoms with Crippen LogP contribution < -0.4 is 0 Å². The normalized spacial score (nSPS) is 20.5. The molecular weight excluding hydrogens is 374 g/mol. The zero-order valence-corrected chi connectivity index (χ0v) is 14.3. The molecule has 1 aromatic carbocycles. The summed E-state index contributed by atoms with van der Waals surface area (Å²) in [4.78, 5) is 0. The number of rotatable bonds is 3. The lowest BCUT2D eigenvalue weighted by Gasteiger charge is -2.32. The van der Waals surface area contributed by atoms with Crippen LogP contribution in [0.1, 0.15) is 11.7 Å². The highest BCUT2D eigenvalue weighted by Crippen LogP contribution is 2.29. The van der Waals surface area contributed by atoms with Gasteiger partial charge in [-0.1, -0.05) is 34.1 Å². The molecule has 0 spiro atoms. The molecular formula is C14H14BrNO3S2. The monoisotopic (exact) mass is 387 g/mol. The SMILES string of the molecule is O=S(=O)(c1cccs1)N1CCOC(c2cccc(Br)c2)C1. The van der Waals surface area contributed by atoms with Crippen LogP contribution in [0.25, 0.3) is 0 Å². The number of hydrogen-bond acceptors (Lipinski definition) is 4. The summed E-state index contributed by atoms with van der Waals surface area (Å²) in [6.07, 6.45) is -0.231. The standard InChI is InChI=1S/C14H14BrNO3S2/c15-12-4-1-3-11(9-12)13-10-16(6-7-19-13)21(17,18)14-5-2-8-20-14/h1-5,8-9,13H,6-7,10H2. The molecule has 2 aromatic rings. The fourth-order valence-electron chi connectivity index (χ4n) is 2.29. The molecule has 2 heterocycles. The summed E-state index contributed by atoms with van der Waals surface area (Å²) < 4.78 is 33.7. The third kappa shape index (κ3) is 3.22. The Morgan fingerprint density at radius 3 is 2.86 bits per heavy atom. The van der Waals surface area contributed by atoms with Gasteiger partial charge in [0.25, 0.3) is 10.0 Å². The van der Waals surface area contributed by atoms with Crippen molar-refractivity contribution in [3.8, 4) is 0 Å². The minimum absolute atomic E-state index is 0.231. The van der Waals surface area contributed by atoms with Gasteiger partial charge >= 0.3 is 0 Å². The van der Waals surface area contributed by atoms with Crippen LogP contribution in [-0.2, 0) is 14.8 Å². The first-order valence-corrected chi connectivity index (χ1v) is 9.59. The van der Waals surface area contributed by atoms with E-state index in [1.165, 1.54) is 15.6 Å². The first kappa shape index (κ1) is 15.2. The van der Waals surface area contributed by atoms with Crippen LogP contribution in [0.4, 0.5) is 0 Å². The zero-order chi connectivity index (χ0) is 14.9. The van der Waals surface area contributed by atoms with Gasteiger partial charge in [0.15, 0.2) is 0 Å². The quantitative estimate of drug-likeness (QED) is 0.811. The highest BCUT2D eigenvalue weighted by atomic mass is 79.9. The lowest BCUT2D eigenvalue weighted by Crippen LogP contribution is -2.41. The highest BCUT2D eigenvalue weighted by Gasteiger charge is 2.32. The maximum Gasteiger partial charge on any atom is 0.252 e. The number of sulfonamides is 1. The van der Waals surface area contributed by atoms with Crippen LogP contribution in [0.15, 0.2) is 50.5 Å². The van der Waals surface area contributed by atoms with Crippen molar-refractivity contribution in [1.82, 2.24) is 4.31 Å². The first-order chi connectivity index (χ1) is 10.1. The van der Waals surface area contributed by atoms with Crippen molar-refractivity contribution in [1.29, 1.82) is 0 Å². The van der Waals surface area contributed by atoms with Crippen molar-refractivity contribution in [3.05, 3.63) is 51.8 Å². The van der Waals surface area contributed by atoms with E-state index in [1.807, 2.05) is 24.3 Å². The summed E-state index contributed by atoms with van der Waals surface area (Å²) >= 11 is 4.67. The lowest BCUT2D eigenvalue weighted by molar-refractivity contribution is -0.00252. The number of ether oxygens (including phenoxy) is 1.